The van der Waals surface area contributed by atoms with Gasteiger partial charge in [-0.15, -0.1) is 0 Å². The Morgan fingerprint density at radius 2 is 2.06 bits per heavy atom. The summed E-state index contributed by atoms with van der Waals surface area (Å²) in [5.41, 5.74) is 1.23. The van der Waals surface area contributed by atoms with Crippen molar-refractivity contribution in [3.05, 3.63) is 42.5 Å². The minimum Gasteiger partial charge on any atom is -0.486 e. The number of hydrogen-bond donors (Lipinski definition) is 1. The van der Waals surface area contributed by atoms with E-state index >= 15 is 0 Å². The zero-order chi connectivity index (χ0) is 12.7. The molecule has 0 amide bonds. The molecule has 1 aromatic rings. The predicted octanol–water partition coefficient (Wildman–Crippen LogP) is 3.70. The predicted molar refractivity (Wildman–Crippen MR) is 73.4 cm³/mol. The molecular weight excluding hydrogens is 210 g/mol. The number of nitrogens with one attached hydrogen (secondary N) is 1. The average Bonchev–Trinajstić information content (AvgIpc) is 2.36. The largest absolute Gasteiger partial charge is 0.486 e. The zero-order valence-electron chi connectivity index (χ0n) is 11.1. The minimum atomic E-state index is 0.0373. The zero-order valence-corrected chi connectivity index (χ0v) is 11.1. The van der Waals surface area contributed by atoms with E-state index in [0.29, 0.717) is 6.04 Å². The summed E-state index contributed by atoms with van der Waals surface area (Å²) in [7, 11) is 0. The maximum Gasteiger partial charge on any atom is 0.124 e. The molecule has 2 atom stereocenters. The third-order valence-corrected chi connectivity index (χ3v) is 2.80. The van der Waals surface area contributed by atoms with Gasteiger partial charge in [-0.1, -0.05) is 44.7 Å². The first-order valence-electron chi connectivity index (χ1n) is 6.34. The maximum atomic E-state index is 5.87. The standard InChI is InChI=1S/C15H23NO/c1-5-12(4)17-15-11-9-8-10-13(15)14(6-2)16-7-3/h5,8-12,14,16H,1,6-7H2,2-4H3. The van der Waals surface area contributed by atoms with Crippen molar-refractivity contribution < 1.29 is 4.74 Å². The molecule has 17 heavy (non-hydrogen) atoms. The highest BCUT2D eigenvalue weighted by atomic mass is 16.5. The number of benzene rings is 1. The Balaban J connectivity index is 2.92. The lowest BCUT2D eigenvalue weighted by Gasteiger charge is -2.21. The summed E-state index contributed by atoms with van der Waals surface area (Å²) in [6.07, 6.45) is 2.90. The van der Waals surface area contributed by atoms with Gasteiger partial charge in [-0.05, 0) is 26.0 Å². The molecule has 0 spiro atoms. The van der Waals surface area contributed by atoms with Crippen molar-refractivity contribution in [3.8, 4) is 5.75 Å². The van der Waals surface area contributed by atoms with Crippen LogP contribution in [0.4, 0.5) is 0 Å². The first-order chi connectivity index (χ1) is 8.22. The van der Waals surface area contributed by atoms with Gasteiger partial charge >= 0.3 is 0 Å². The molecule has 0 saturated heterocycles. The Labute approximate surface area is 105 Å². The summed E-state index contributed by atoms with van der Waals surface area (Å²) in [6, 6.07) is 8.57. The molecule has 2 heteroatoms. The van der Waals surface area contributed by atoms with Gasteiger partial charge in [-0.3, -0.25) is 0 Å². The summed E-state index contributed by atoms with van der Waals surface area (Å²) < 4.78 is 5.87. The highest BCUT2D eigenvalue weighted by Crippen LogP contribution is 2.27. The molecule has 1 aromatic carbocycles. The van der Waals surface area contributed by atoms with Crippen molar-refractivity contribution in [2.45, 2.75) is 39.3 Å². The third-order valence-electron chi connectivity index (χ3n) is 2.80. The van der Waals surface area contributed by atoms with Gasteiger partial charge in [0.25, 0.3) is 0 Å². The van der Waals surface area contributed by atoms with Gasteiger partial charge in [0, 0.05) is 11.6 Å². The average molecular weight is 233 g/mol. The Bertz CT molecular complexity index is 349. The SMILES string of the molecule is C=CC(C)Oc1ccccc1C(CC)NCC. The van der Waals surface area contributed by atoms with Gasteiger partial charge < -0.3 is 10.1 Å². The van der Waals surface area contributed by atoms with Crippen LogP contribution in [0.15, 0.2) is 36.9 Å². The topological polar surface area (TPSA) is 21.3 Å². The normalized spacial score (nSPS) is 14.1. The van der Waals surface area contributed by atoms with Gasteiger partial charge in [-0.25, -0.2) is 0 Å². The number of hydrogen-bond acceptors (Lipinski definition) is 2. The lowest BCUT2D eigenvalue weighted by Crippen LogP contribution is -2.21. The molecule has 2 unspecified atom stereocenters. The van der Waals surface area contributed by atoms with E-state index in [1.165, 1.54) is 5.56 Å². The molecule has 0 bridgehead atoms. The minimum absolute atomic E-state index is 0.0373. The highest BCUT2D eigenvalue weighted by Gasteiger charge is 2.13. The molecule has 0 aliphatic carbocycles. The van der Waals surface area contributed by atoms with Gasteiger partial charge in [0.05, 0.1) is 0 Å². The monoisotopic (exact) mass is 233 g/mol. The summed E-state index contributed by atoms with van der Waals surface area (Å²) >= 11 is 0. The second kappa shape index (κ2) is 7.13. The summed E-state index contributed by atoms with van der Waals surface area (Å²) in [4.78, 5) is 0. The van der Waals surface area contributed by atoms with Crippen molar-refractivity contribution in [1.82, 2.24) is 5.32 Å². The van der Waals surface area contributed by atoms with E-state index in [1.54, 1.807) is 0 Å². The maximum absolute atomic E-state index is 5.87. The van der Waals surface area contributed by atoms with Gasteiger partial charge in [0.2, 0.25) is 0 Å². The fourth-order valence-electron chi connectivity index (χ4n) is 1.84. The van der Waals surface area contributed by atoms with Crippen LogP contribution < -0.4 is 10.1 Å². The second-order valence-corrected chi connectivity index (χ2v) is 4.12. The lowest BCUT2D eigenvalue weighted by molar-refractivity contribution is 0.264. The first-order valence-corrected chi connectivity index (χ1v) is 6.34. The quantitative estimate of drug-likeness (QED) is 0.725. The number of para-hydroxylation sites is 1. The van der Waals surface area contributed by atoms with Crippen LogP contribution in [0.5, 0.6) is 5.75 Å². The van der Waals surface area contributed by atoms with Crippen LogP contribution in [-0.4, -0.2) is 12.6 Å². The van der Waals surface area contributed by atoms with Crippen LogP contribution in [0.1, 0.15) is 38.8 Å². The van der Waals surface area contributed by atoms with Crippen molar-refractivity contribution in [2.24, 2.45) is 0 Å². The molecule has 1 rings (SSSR count). The van der Waals surface area contributed by atoms with E-state index in [0.717, 1.165) is 18.7 Å². The molecule has 2 nitrogen and oxygen atoms in total. The van der Waals surface area contributed by atoms with Crippen LogP contribution in [0.3, 0.4) is 0 Å². The van der Waals surface area contributed by atoms with Gasteiger partial charge in [0.15, 0.2) is 0 Å². The summed E-state index contributed by atoms with van der Waals surface area (Å²) in [5.74, 6) is 0.952. The smallest absolute Gasteiger partial charge is 0.124 e. The van der Waals surface area contributed by atoms with Crippen molar-refractivity contribution in [1.29, 1.82) is 0 Å². The Morgan fingerprint density at radius 3 is 2.65 bits per heavy atom. The fraction of sp³-hybridized carbons (Fsp3) is 0.467. The molecule has 0 aliphatic rings. The van der Waals surface area contributed by atoms with Crippen molar-refractivity contribution >= 4 is 0 Å². The Hall–Kier alpha value is -1.28. The summed E-state index contributed by atoms with van der Waals surface area (Å²) in [6.45, 7) is 11.0. The van der Waals surface area contributed by atoms with Crippen molar-refractivity contribution in [3.63, 3.8) is 0 Å². The van der Waals surface area contributed by atoms with Crippen LogP contribution >= 0.6 is 0 Å². The number of rotatable bonds is 7. The van der Waals surface area contributed by atoms with Crippen LogP contribution in [0.2, 0.25) is 0 Å². The number of ether oxygens (including phenoxy) is 1. The Morgan fingerprint density at radius 1 is 1.35 bits per heavy atom. The van der Waals surface area contributed by atoms with E-state index in [4.69, 9.17) is 4.74 Å². The molecule has 0 fully saturated rings. The van der Waals surface area contributed by atoms with E-state index in [2.05, 4.69) is 37.9 Å². The summed E-state index contributed by atoms with van der Waals surface area (Å²) in [5, 5.41) is 3.47. The van der Waals surface area contributed by atoms with E-state index in [1.807, 2.05) is 25.1 Å². The fourth-order valence-corrected chi connectivity index (χ4v) is 1.84. The van der Waals surface area contributed by atoms with Crippen LogP contribution in [-0.2, 0) is 0 Å². The second-order valence-electron chi connectivity index (χ2n) is 4.12. The van der Waals surface area contributed by atoms with Crippen LogP contribution in [0, 0.1) is 0 Å². The molecule has 0 aliphatic heterocycles. The van der Waals surface area contributed by atoms with Crippen molar-refractivity contribution in [2.75, 3.05) is 6.54 Å². The van der Waals surface area contributed by atoms with E-state index < -0.39 is 0 Å². The molecule has 0 radical (unpaired) electrons. The molecule has 0 saturated carbocycles. The molecule has 0 heterocycles. The van der Waals surface area contributed by atoms with Gasteiger partial charge in [-0.2, -0.15) is 0 Å². The third kappa shape index (κ3) is 3.90. The lowest BCUT2D eigenvalue weighted by atomic mass is 10.0. The molecule has 0 aromatic heterocycles. The highest BCUT2D eigenvalue weighted by molar-refractivity contribution is 5.36. The van der Waals surface area contributed by atoms with Gasteiger partial charge in [0.1, 0.15) is 11.9 Å². The van der Waals surface area contributed by atoms with E-state index in [9.17, 15) is 0 Å². The van der Waals surface area contributed by atoms with E-state index in [-0.39, 0.29) is 6.10 Å². The molecular formula is C15H23NO. The first kappa shape index (κ1) is 13.8. The Kier molecular flexibility index (Phi) is 5.78. The van der Waals surface area contributed by atoms with Crippen LogP contribution in [0.25, 0.3) is 0 Å². The molecule has 1 N–H and O–H groups in total. The molecule has 94 valence electrons.